The Hall–Kier alpha value is -2.54. The molecule has 0 aliphatic rings. The van der Waals surface area contributed by atoms with Gasteiger partial charge in [0.15, 0.2) is 0 Å². The number of ether oxygens (including phenoxy) is 2. The average Bonchev–Trinajstić information content (AvgIpc) is 2.62. The average molecular weight is 385 g/mol. The van der Waals surface area contributed by atoms with E-state index in [-0.39, 0.29) is 23.2 Å². The van der Waals surface area contributed by atoms with Gasteiger partial charge < -0.3 is 20.1 Å². The minimum atomic E-state index is -2.94. The van der Waals surface area contributed by atoms with E-state index in [4.69, 9.17) is 16.3 Å². The number of carbonyl (C=O) groups is 1. The topological polar surface area (TPSA) is 59.6 Å². The summed E-state index contributed by atoms with van der Waals surface area (Å²) < 4.78 is 33.7. The second kappa shape index (κ2) is 9.82. The molecule has 0 atom stereocenters. The van der Waals surface area contributed by atoms with Crippen molar-refractivity contribution >= 4 is 23.2 Å². The van der Waals surface area contributed by atoms with Gasteiger partial charge in [0.2, 0.25) is 5.91 Å². The number of carbonyl (C=O) groups excluding carboxylic acids is 1. The molecule has 0 saturated heterocycles. The molecule has 2 N–H and O–H groups in total. The third-order valence-electron chi connectivity index (χ3n) is 3.50. The Morgan fingerprint density at radius 3 is 2.54 bits per heavy atom. The van der Waals surface area contributed by atoms with Crippen molar-refractivity contribution in [2.45, 2.75) is 13.0 Å². The van der Waals surface area contributed by atoms with Crippen molar-refractivity contribution < 1.29 is 23.0 Å². The zero-order valence-corrected chi connectivity index (χ0v) is 14.9. The van der Waals surface area contributed by atoms with Crippen LogP contribution < -0.4 is 20.1 Å². The third kappa shape index (κ3) is 6.40. The van der Waals surface area contributed by atoms with E-state index in [9.17, 15) is 13.6 Å². The molecule has 0 fully saturated rings. The van der Waals surface area contributed by atoms with Crippen molar-refractivity contribution in [2.24, 2.45) is 0 Å². The first-order valence-corrected chi connectivity index (χ1v) is 8.23. The summed E-state index contributed by atoms with van der Waals surface area (Å²) in [6.45, 7) is -2.41. The molecule has 2 aromatic rings. The fourth-order valence-corrected chi connectivity index (χ4v) is 2.41. The highest BCUT2D eigenvalue weighted by molar-refractivity contribution is 6.32. The Kier molecular flexibility index (Phi) is 7.47. The number of anilines is 1. The molecule has 0 unspecified atom stereocenters. The lowest BCUT2D eigenvalue weighted by Gasteiger charge is -2.11. The van der Waals surface area contributed by atoms with Gasteiger partial charge in [-0.25, -0.2) is 0 Å². The van der Waals surface area contributed by atoms with Crippen molar-refractivity contribution in [1.82, 2.24) is 5.32 Å². The van der Waals surface area contributed by atoms with E-state index in [2.05, 4.69) is 15.4 Å². The fraction of sp³-hybridized carbons (Fsp3) is 0.278. The van der Waals surface area contributed by atoms with Crippen LogP contribution in [-0.2, 0) is 11.2 Å². The second-order valence-electron chi connectivity index (χ2n) is 5.33. The van der Waals surface area contributed by atoms with Gasteiger partial charge in [-0.05, 0) is 42.3 Å². The summed E-state index contributed by atoms with van der Waals surface area (Å²) in [5, 5.41) is 5.70. The van der Waals surface area contributed by atoms with Crippen molar-refractivity contribution in [3.63, 3.8) is 0 Å². The maximum Gasteiger partial charge on any atom is 0.387 e. The van der Waals surface area contributed by atoms with Crippen LogP contribution in [0.15, 0.2) is 42.5 Å². The summed E-state index contributed by atoms with van der Waals surface area (Å²) in [6, 6.07) is 11.9. The maximum atomic E-state index is 12.2. The lowest BCUT2D eigenvalue weighted by atomic mass is 10.1. The van der Waals surface area contributed by atoms with Crippen molar-refractivity contribution in [2.75, 3.05) is 25.5 Å². The molecular formula is C18H19ClF2N2O3. The van der Waals surface area contributed by atoms with Gasteiger partial charge in [-0.2, -0.15) is 8.78 Å². The van der Waals surface area contributed by atoms with Crippen molar-refractivity contribution in [3.8, 4) is 11.5 Å². The van der Waals surface area contributed by atoms with E-state index in [0.717, 1.165) is 11.3 Å². The highest BCUT2D eigenvalue weighted by Gasteiger charge is 2.09. The molecule has 0 radical (unpaired) electrons. The molecule has 0 spiro atoms. The molecule has 0 aromatic heterocycles. The highest BCUT2D eigenvalue weighted by atomic mass is 35.5. The number of benzene rings is 2. The lowest BCUT2D eigenvalue weighted by molar-refractivity contribution is -0.119. The Morgan fingerprint density at radius 1 is 1.19 bits per heavy atom. The number of alkyl halides is 2. The largest absolute Gasteiger partial charge is 0.497 e. The summed E-state index contributed by atoms with van der Waals surface area (Å²) in [4.78, 5) is 11.9. The fourth-order valence-electron chi connectivity index (χ4n) is 2.19. The molecule has 0 aliphatic carbocycles. The Bertz CT molecular complexity index is 727. The molecule has 0 aliphatic heterocycles. The van der Waals surface area contributed by atoms with Crippen LogP contribution in [0.25, 0.3) is 0 Å². The summed E-state index contributed by atoms with van der Waals surface area (Å²) in [7, 11) is 1.61. The van der Waals surface area contributed by atoms with Crippen molar-refractivity contribution in [1.29, 1.82) is 0 Å². The van der Waals surface area contributed by atoms with Crippen molar-refractivity contribution in [3.05, 3.63) is 53.1 Å². The summed E-state index contributed by atoms with van der Waals surface area (Å²) in [6.07, 6.45) is 0.696. The zero-order chi connectivity index (χ0) is 18.9. The summed E-state index contributed by atoms with van der Waals surface area (Å²) in [5.74, 6) is 0.476. The number of hydrogen-bond acceptors (Lipinski definition) is 4. The molecule has 0 heterocycles. The minimum Gasteiger partial charge on any atom is -0.497 e. The molecule has 8 heteroatoms. The van der Waals surface area contributed by atoms with Crippen LogP contribution in [0, 0.1) is 0 Å². The van der Waals surface area contributed by atoms with E-state index < -0.39 is 6.61 Å². The van der Waals surface area contributed by atoms with Crippen LogP contribution in [0.1, 0.15) is 5.56 Å². The van der Waals surface area contributed by atoms with Gasteiger partial charge in [-0.3, -0.25) is 4.79 Å². The van der Waals surface area contributed by atoms with E-state index in [1.165, 1.54) is 18.2 Å². The number of amides is 1. The normalized spacial score (nSPS) is 10.5. The SMILES string of the molecule is COc1ccc(CCNC(=O)CNc2ccc(OC(F)F)c(Cl)c2)cc1. The second-order valence-corrected chi connectivity index (χ2v) is 5.73. The van der Waals surface area contributed by atoms with Gasteiger partial charge in [0.05, 0.1) is 18.7 Å². The number of methoxy groups -OCH3 is 1. The highest BCUT2D eigenvalue weighted by Crippen LogP contribution is 2.28. The van der Waals surface area contributed by atoms with Gasteiger partial charge in [0, 0.05) is 12.2 Å². The molecule has 0 bridgehead atoms. The Balaban J connectivity index is 1.73. The van der Waals surface area contributed by atoms with Gasteiger partial charge in [0.25, 0.3) is 0 Å². The standard InChI is InChI=1S/C18H19ClF2N2O3/c1-25-14-5-2-12(3-6-14)8-9-22-17(24)11-23-13-4-7-16(15(19)10-13)26-18(20)21/h2-7,10,18,23H,8-9,11H2,1H3,(H,22,24). The number of hydrogen-bond donors (Lipinski definition) is 2. The predicted octanol–water partition coefficient (Wildman–Crippen LogP) is 3.72. The molecule has 2 aromatic carbocycles. The molecule has 2 rings (SSSR count). The number of nitrogens with one attached hydrogen (secondary N) is 2. The summed E-state index contributed by atoms with van der Waals surface area (Å²) >= 11 is 5.85. The number of halogens is 3. The molecule has 0 saturated carbocycles. The van der Waals surface area contributed by atoms with E-state index in [1.54, 1.807) is 7.11 Å². The van der Waals surface area contributed by atoms with Crippen LogP contribution in [0.5, 0.6) is 11.5 Å². The van der Waals surface area contributed by atoms with Gasteiger partial charge in [-0.1, -0.05) is 23.7 Å². The van der Waals surface area contributed by atoms with Gasteiger partial charge >= 0.3 is 6.61 Å². The maximum absolute atomic E-state index is 12.2. The van der Waals surface area contributed by atoms with Crippen LogP contribution in [0.3, 0.4) is 0 Å². The van der Waals surface area contributed by atoms with Crippen LogP contribution in [-0.4, -0.2) is 32.7 Å². The Labute approximate surface area is 155 Å². The molecule has 5 nitrogen and oxygen atoms in total. The quantitative estimate of drug-likeness (QED) is 0.691. The lowest BCUT2D eigenvalue weighted by Crippen LogP contribution is -2.31. The first kappa shape index (κ1) is 19.8. The van der Waals surface area contributed by atoms with E-state index >= 15 is 0 Å². The van der Waals surface area contributed by atoms with Crippen LogP contribution in [0.4, 0.5) is 14.5 Å². The first-order valence-electron chi connectivity index (χ1n) is 7.86. The van der Waals surface area contributed by atoms with Crippen LogP contribution >= 0.6 is 11.6 Å². The third-order valence-corrected chi connectivity index (χ3v) is 3.79. The zero-order valence-electron chi connectivity index (χ0n) is 14.1. The van der Waals surface area contributed by atoms with Gasteiger partial charge in [-0.15, -0.1) is 0 Å². The molecule has 1 amide bonds. The first-order chi connectivity index (χ1) is 12.5. The predicted molar refractivity (Wildman–Crippen MR) is 96.3 cm³/mol. The molecular weight excluding hydrogens is 366 g/mol. The van der Waals surface area contributed by atoms with E-state index in [1.807, 2.05) is 24.3 Å². The van der Waals surface area contributed by atoms with Crippen LogP contribution in [0.2, 0.25) is 5.02 Å². The monoisotopic (exact) mass is 384 g/mol. The molecule has 26 heavy (non-hydrogen) atoms. The number of rotatable bonds is 9. The minimum absolute atomic E-state index is 0.0357. The summed E-state index contributed by atoms with van der Waals surface area (Å²) in [5.41, 5.74) is 1.61. The molecule has 140 valence electrons. The smallest absolute Gasteiger partial charge is 0.387 e. The van der Waals surface area contributed by atoms with E-state index in [0.29, 0.717) is 18.7 Å². The van der Waals surface area contributed by atoms with Gasteiger partial charge in [0.1, 0.15) is 11.5 Å². The Morgan fingerprint density at radius 2 is 1.92 bits per heavy atom.